The topological polar surface area (TPSA) is 87.7 Å². The number of carbonyl (C=O) groups is 2. The highest BCUT2D eigenvalue weighted by Gasteiger charge is 2.55. The van der Waals surface area contributed by atoms with E-state index in [9.17, 15) is 27.9 Å². The standard InChI is InChI=1S/C18H16ClF3N2O4/c1-17(27,18(20,21)22)16(26)24-11-5-8-13(14(19)9-11)15(25)23-10-3-6-12(28-2)7-4-10/h3-9,27H,1-2H3,(H,23,25)(H,24,26). The van der Waals surface area contributed by atoms with Crippen LogP contribution < -0.4 is 15.4 Å². The first-order valence-electron chi connectivity index (χ1n) is 7.81. The van der Waals surface area contributed by atoms with Crippen molar-refractivity contribution in [1.29, 1.82) is 0 Å². The summed E-state index contributed by atoms with van der Waals surface area (Å²) in [5.74, 6) is -1.63. The number of carbonyl (C=O) groups excluding carboxylic acids is 2. The van der Waals surface area contributed by atoms with Crippen molar-refractivity contribution in [2.24, 2.45) is 0 Å². The molecule has 2 rings (SSSR count). The van der Waals surface area contributed by atoms with Gasteiger partial charge in [-0.05, 0) is 49.4 Å². The van der Waals surface area contributed by atoms with Crippen LogP contribution in [0.4, 0.5) is 24.5 Å². The third-order valence-electron chi connectivity index (χ3n) is 3.81. The highest BCUT2D eigenvalue weighted by molar-refractivity contribution is 6.34. The van der Waals surface area contributed by atoms with Crippen LogP contribution >= 0.6 is 11.6 Å². The Hall–Kier alpha value is -2.78. The van der Waals surface area contributed by atoms with E-state index in [1.165, 1.54) is 19.2 Å². The minimum atomic E-state index is -5.15. The SMILES string of the molecule is COc1ccc(NC(=O)c2ccc(NC(=O)C(C)(O)C(F)(F)F)cc2Cl)cc1. The summed E-state index contributed by atoms with van der Waals surface area (Å²) in [6.45, 7) is 0.334. The summed E-state index contributed by atoms with van der Waals surface area (Å²) in [6.07, 6.45) is -5.15. The number of hydrogen-bond donors (Lipinski definition) is 3. The van der Waals surface area contributed by atoms with Gasteiger partial charge in [-0.1, -0.05) is 11.6 Å². The molecule has 2 aromatic carbocycles. The summed E-state index contributed by atoms with van der Waals surface area (Å²) in [4.78, 5) is 24.0. The number of ether oxygens (including phenoxy) is 1. The van der Waals surface area contributed by atoms with Gasteiger partial charge in [0.1, 0.15) is 5.75 Å². The molecule has 0 saturated heterocycles. The first kappa shape index (κ1) is 21.5. The average molecular weight is 417 g/mol. The van der Waals surface area contributed by atoms with Crippen molar-refractivity contribution in [2.75, 3.05) is 17.7 Å². The number of nitrogens with one attached hydrogen (secondary N) is 2. The lowest BCUT2D eigenvalue weighted by Crippen LogP contribution is -2.52. The fraction of sp³-hybridized carbons (Fsp3) is 0.222. The molecule has 1 atom stereocenters. The lowest BCUT2D eigenvalue weighted by atomic mass is 10.1. The summed E-state index contributed by atoms with van der Waals surface area (Å²) >= 11 is 6.01. The zero-order valence-corrected chi connectivity index (χ0v) is 15.5. The molecule has 0 saturated carbocycles. The monoisotopic (exact) mass is 416 g/mol. The molecule has 1 unspecified atom stereocenters. The van der Waals surface area contributed by atoms with E-state index in [1.54, 1.807) is 24.3 Å². The zero-order chi connectivity index (χ0) is 21.1. The van der Waals surface area contributed by atoms with Crippen LogP contribution in [0, 0.1) is 0 Å². The molecule has 3 N–H and O–H groups in total. The third-order valence-corrected chi connectivity index (χ3v) is 4.13. The normalized spacial score (nSPS) is 13.4. The lowest BCUT2D eigenvalue weighted by Gasteiger charge is -2.24. The Labute approximate surface area is 163 Å². The second kappa shape index (κ2) is 8.07. The van der Waals surface area contributed by atoms with Crippen LogP contribution in [-0.2, 0) is 4.79 Å². The Morgan fingerprint density at radius 1 is 1.04 bits per heavy atom. The number of aliphatic hydroxyl groups is 1. The van der Waals surface area contributed by atoms with Crippen LogP contribution in [0.5, 0.6) is 5.75 Å². The molecule has 28 heavy (non-hydrogen) atoms. The van der Waals surface area contributed by atoms with Crippen LogP contribution in [0.25, 0.3) is 0 Å². The molecule has 10 heteroatoms. The summed E-state index contributed by atoms with van der Waals surface area (Å²) in [6, 6.07) is 10.0. The van der Waals surface area contributed by atoms with Gasteiger partial charge in [0.25, 0.3) is 11.8 Å². The number of methoxy groups -OCH3 is 1. The Morgan fingerprint density at radius 2 is 1.61 bits per heavy atom. The molecule has 0 aliphatic rings. The molecule has 0 heterocycles. The minimum absolute atomic E-state index is 0.0399. The minimum Gasteiger partial charge on any atom is -0.497 e. The quantitative estimate of drug-likeness (QED) is 0.690. The van der Waals surface area contributed by atoms with Gasteiger partial charge in [0.05, 0.1) is 17.7 Å². The molecule has 0 spiro atoms. The van der Waals surface area contributed by atoms with Crippen LogP contribution in [0.1, 0.15) is 17.3 Å². The van der Waals surface area contributed by atoms with E-state index < -0.39 is 23.6 Å². The number of benzene rings is 2. The Morgan fingerprint density at radius 3 is 2.11 bits per heavy atom. The van der Waals surface area contributed by atoms with E-state index in [1.807, 2.05) is 5.32 Å². The number of halogens is 4. The number of hydrogen-bond acceptors (Lipinski definition) is 4. The lowest BCUT2D eigenvalue weighted by molar-refractivity contribution is -0.242. The third kappa shape index (κ3) is 4.73. The Bertz CT molecular complexity index is 883. The first-order chi connectivity index (χ1) is 13.0. The van der Waals surface area contributed by atoms with Gasteiger partial charge < -0.3 is 20.5 Å². The smallest absolute Gasteiger partial charge is 0.426 e. The molecule has 0 aliphatic heterocycles. The van der Waals surface area contributed by atoms with E-state index in [0.29, 0.717) is 18.4 Å². The molecule has 150 valence electrons. The van der Waals surface area contributed by atoms with E-state index in [0.717, 1.165) is 6.07 Å². The van der Waals surface area contributed by atoms with Crippen molar-refractivity contribution in [2.45, 2.75) is 18.7 Å². The summed E-state index contributed by atoms with van der Waals surface area (Å²) in [7, 11) is 1.50. The Kier molecular flexibility index (Phi) is 6.20. The van der Waals surface area contributed by atoms with Gasteiger partial charge in [-0.15, -0.1) is 0 Å². The van der Waals surface area contributed by atoms with Gasteiger partial charge in [-0.2, -0.15) is 13.2 Å². The van der Waals surface area contributed by atoms with Gasteiger partial charge in [0, 0.05) is 11.4 Å². The maximum absolute atomic E-state index is 12.7. The molecular formula is C18H16ClF3N2O4. The molecule has 2 aromatic rings. The summed E-state index contributed by atoms with van der Waals surface area (Å²) in [5.41, 5.74) is -3.18. The van der Waals surface area contributed by atoms with Crippen LogP contribution in [0.3, 0.4) is 0 Å². The number of amides is 2. The molecule has 6 nitrogen and oxygen atoms in total. The summed E-state index contributed by atoms with van der Waals surface area (Å²) in [5, 5.41) is 13.8. The molecule has 0 aromatic heterocycles. The number of rotatable bonds is 5. The molecule has 0 radical (unpaired) electrons. The molecule has 2 amide bonds. The van der Waals surface area contributed by atoms with Crippen molar-refractivity contribution in [3.63, 3.8) is 0 Å². The second-order valence-corrected chi connectivity index (χ2v) is 6.31. The molecule has 0 fully saturated rings. The van der Waals surface area contributed by atoms with E-state index in [2.05, 4.69) is 5.32 Å². The second-order valence-electron chi connectivity index (χ2n) is 5.90. The molecular weight excluding hydrogens is 401 g/mol. The average Bonchev–Trinajstić information content (AvgIpc) is 2.61. The van der Waals surface area contributed by atoms with Crippen molar-refractivity contribution in [1.82, 2.24) is 0 Å². The van der Waals surface area contributed by atoms with Crippen molar-refractivity contribution < 1.29 is 32.6 Å². The van der Waals surface area contributed by atoms with E-state index >= 15 is 0 Å². The number of alkyl halides is 3. The zero-order valence-electron chi connectivity index (χ0n) is 14.7. The summed E-state index contributed by atoms with van der Waals surface area (Å²) < 4.78 is 43.1. The molecule has 0 aliphatic carbocycles. The molecule has 0 bridgehead atoms. The highest BCUT2D eigenvalue weighted by Crippen LogP contribution is 2.31. The predicted molar refractivity (Wildman–Crippen MR) is 97.7 cm³/mol. The van der Waals surface area contributed by atoms with E-state index in [4.69, 9.17) is 16.3 Å². The van der Waals surface area contributed by atoms with Gasteiger partial charge >= 0.3 is 6.18 Å². The number of anilines is 2. The van der Waals surface area contributed by atoms with Crippen LogP contribution in [0.2, 0.25) is 5.02 Å². The van der Waals surface area contributed by atoms with Crippen molar-refractivity contribution in [3.05, 3.63) is 53.1 Å². The van der Waals surface area contributed by atoms with Gasteiger partial charge in [-0.25, -0.2) is 0 Å². The maximum atomic E-state index is 12.7. The van der Waals surface area contributed by atoms with Crippen molar-refractivity contribution >= 4 is 34.8 Å². The first-order valence-corrected chi connectivity index (χ1v) is 8.19. The van der Waals surface area contributed by atoms with E-state index in [-0.39, 0.29) is 16.3 Å². The highest BCUT2D eigenvalue weighted by atomic mass is 35.5. The largest absolute Gasteiger partial charge is 0.497 e. The van der Waals surface area contributed by atoms with Crippen molar-refractivity contribution in [3.8, 4) is 5.75 Å². The van der Waals surface area contributed by atoms with Crippen LogP contribution in [-0.4, -0.2) is 35.8 Å². The van der Waals surface area contributed by atoms with Gasteiger partial charge in [0.15, 0.2) is 0 Å². The Balaban J connectivity index is 2.12. The fourth-order valence-corrected chi connectivity index (χ4v) is 2.30. The fourth-order valence-electron chi connectivity index (χ4n) is 2.03. The maximum Gasteiger partial charge on any atom is 0.426 e. The van der Waals surface area contributed by atoms with Gasteiger partial charge in [-0.3, -0.25) is 9.59 Å². The van der Waals surface area contributed by atoms with Crippen LogP contribution in [0.15, 0.2) is 42.5 Å². The predicted octanol–water partition coefficient (Wildman–Crippen LogP) is 3.85. The van der Waals surface area contributed by atoms with Gasteiger partial charge in [0.2, 0.25) is 5.60 Å².